The zero-order valence-corrected chi connectivity index (χ0v) is 18.8. The van der Waals surface area contributed by atoms with E-state index in [1.54, 1.807) is 30.3 Å². The second kappa shape index (κ2) is 11.3. The van der Waals surface area contributed by atoms with Gasteiger partial charge < -0.3 is 20.9 Å². The molecule has 32 heavy (non-hydrogen) atoms. The van der Waals surface area contributed by atoms with Crippen LogP contribution < -0.4 is 16.0 Å². The first-order chi connectivity index (χ1) is 15.4. The van der Waals surface area contributed by atoms with E-state index < -0.39 is 0 Å². The monoisotopic (exact) mass is 436 g/mol. The van der Waals surface area contributed by atoms with Crippen LogP contribution in [0.15, 0.2) is 48.5 Å². The minimum atomic E-state index is -0.219. The Balaban J connectivity index is 1.52. The third-order valence-corrected chi connectivity index (χ3v) is 5.54. The van der Waals surface area contributed by atoms with Gasteiger partial charge in [0.25, 0.3) is 5.91 Å². The van der Waals surface area contributed by atoms with E-state index in [1.807, 2.05) is 30.0 Å². The molecule has 170 valence electrons. The highest BCUT2D eigenvalue weighted by Gasteiger charge is 2.21. The van der Waals surface area contributed by atoms with Gasteiger partial charge in [0.15, 0.2) is 0 Å². The number of rotatable bonds is 8. The van der Waals surface area contributed by atoms with Crippen molar-refractivity contribution in [2.75, 3.05) is 35.6 Å². The Morgan fingerprint density at radius 2 is 1.53 bits per heavy atom. The van der Waals surface area contributed by atoms with Gasteiger partial charge in [-0.05, 0) is 61.6 Å². The average Bonchev–Trinajstić information content (AvgIpc) is 2.78. The predicted molar refractivity (Wildman–Crippen MR) is 128 cm³/mol. The Morgan fingerprint density at radius 3 is 2.22 bits per heavy atom. The smallest absolute Gasteiger partial charge is 0.253 e. The second-order valence-electron chi connectivity index (χ2n) is 8.34. The molecule has 3 N–H and O–H groups in total. The lowest BCUT2D eigenvalue weighted by Gasteiger charge is -2.30. The van der Waals surface area contributed by atoms with Crippen molar-refractivity contribution in [1.82, 2.24) is 4.90 Å². The van der Waals surface area contributed by atoms with Gasteiger partial charge in [-0.1, -0.05) is 26.0 Å². The van der Waals surface area contributed by atoms with Crippen molar-refractivity contribution >= 4 is 34.8 Å². The number of hydrogen-bond donors (Lipinski definition) is 3. The molecule has 1 saturated heterocycles. The van der Waals surface area contributed by atoms with Gasteiger partial charge in [0.2, 0.25) is 11.8 Å². The average molecular weight is 437 g/mol. The van der Waals surface area contributed by atoms with E-state index in [2.05, 4.69) is 22.9 Å². The number of anilines is 3. The van der Waals surface area contributed by atoms with Crippen molar-refractivity contribution in [3.8, 4) is 0 Å². The number of benzene rings is 2. The maximum absolute atomic E-state index is 12.8. The van der Waals surface area contributed by atoms with Crippen LogP contribution in [0.2, 0.25) is 0 Å². The summed E-state index contributed by atoms with van der Waals surface area (Å²) in [7, 11) is 0. The predicted octanol–water partition coefficient (Wildman–Crippen LogP) is 4.35. The van der Waals surface area contributed by atoms with Gasteiger partial charge >= 0.3 is 0 Å². The minimum Gasteiger partial charge on any atom is -0.376 e. The molecule has 3 rings (SSSR count). The molecule has 7 nitrogen and oxygen atoms in total. The summed E-state index contributed by atoms with van der Waals surface area (Å²) in [6.45, 7) is 5.81. The van der Waals surface area contributed by atoms with Crippen LogP contribution in [0.3, 0.4) is 0 Å². The van der Waals surface area contributed by atoms with Gasteiger partial charge in [-0.2, -0.15) is 0 Å². The number of amides is 3. The van der Waals surface area contributed by atoms with Crippen molar-refractivity contribution in [3.63, 3.8) is 0 Å². The Hall–Kier alpha value is -3.35. The Kier molecular flexibility index (Phi) is 8.25. The number of piperidine rings is 1. The molecule has 0 unspecified atom stereocenters. The molecule has 0 radical (unpaired) electrons. The fraction of sp³-hybridized carbons (Fsp3) is 0.400. The highest BCUT2D eigenvalue weighted by Crippen LogP contribution is 2.20. The summed E-state index contributed by atoms with van der Waals surface area (Å²) >= 11 is 0. The summed E-state index contributed by atoms with van der Waals surface area (Å²) < 4.78 is 0. The molecule has 0 atom stereocenters. The molecule has 1 aliphatic rings. The topological polar surface area (TPSA) is 90.5 Å². The first-order valence-corrected chi connectivity index (χ1v) is 11.3. The molecule has 3 amide bonds. The van der Waals surface area contributed by atoms with Crippen LogP contribution in [0.5, 0.6) is 0 Å². The van der Waals surface area contributed by atoms with E-state index in [4.69, 9.17) is 0 Å². The van der Waals surface area contributed by atoms with E-state index in [1.165, 1.54) is 0 Å². The highest BCUT2D eigenvalue weighted by molar-refractivity contribution is 5.97. The fourth-order valence-corrected chi connectivity index (χ4v) is 3.67. The number of likely N-dealkylation sites (tertiary alicyclic amines) is 1. The van der Waals surface area contributed by atoms with Gasteiger partial charge in [-0.15, -0.1) is 0 Å². The Bertz CT molecular complexity index is 952. The number of carbonyl (C=O) groups excluding carboxylic acids is 3. The molecule has 0 bridgehead atoms. The molecular formula is C25H32N4O3. The quantitative estimate of drug-likeness (QED) is 0.574. The second-order valence-corrected chi connectivity index (χ2v) is 8.34. The van der Waals surface area contributed by atoms with Crippen molar-refractivity contribution in [3.05, 3.63) is 54.1 Å². The summed E-state index contributed by atoms with van der Waals surface area (Å²) in [5.41, 5.74) is 2.60. The number of nitrogens with one attached hydrogen (secondary N) is 3. The number of nitrogens with zero attached hydrogens (tertiary/aromatic N) is 1. The maximum atomic E-state index is 12.8. The van der Waals surface area contributed by atoms with Crippen molar-refractivity contribution in [2.24, 2.45) is 5.92 Å². The first-order valence-electron chi connectivity index (χ1n) is 11.3. The molecule has 2 aromatic carbocycles. The lowest BCUT2D eigenvalue weighted by atomic mass is 9.98. The van der Waals surface area contributed by atoms with Crippen LogP contribution in [0.25, 0.3) is 0 Å². The fourth-order valence-electron chi connectivity index (χ4n) is 3.67. The van der Waals surface area contributed by atoms with Crippen molar-refractivity contribution < 1.29 is 14.4 Å². The third kappa shape index (κ3) is 6.83. The van der Waals surface area contributed by atoms with Crippen LogP contribution in [-0.4, -0.2) is 42.3 Å². The largest absolute Gasteiger partial charge is 0.376 e. The molecule has 7 heteroatoms. The zero-order chi connectivity index (χ0) is 22.9. The van der Waals surface area contributed by atoms with E-state index in [-0.39, 0.29) is 24.3 Å². The Labute approximate surface area is 189 Å². The van der Waals surface area contributed by atoms with Crippen molar-refractivity contribution in [2.45, 2.75) is 39.5 Å². The molecule has 1 fully saturated rings. The van der Waals surface area contributed by atoms with Gasteiger partial charge in [0.1, 0.15) is 0 Å². The lowest BCUT2D eigenvalue weighted by Crippen LogP contribution is -2.37. The molecule has 0 spiro atoms. The summed E-state index contributed by atoms with van der Waals surface area (Å²) in [5.74, 6) is 0.431. The summed E-state index contributed by atoms with van der Waals surface area (Å²) in [6, 6.07) is 14.3. The van der Waals surface area contributed by atoms with Crippen molar-refractivity contribution in [1.29, 1.82) is 0 Å². The van der Waals surface area contributed by atoms with E-state index in [0.29, 0.717) is 29.3 Å². The molecule has 1 aliphatic heterocycles. The SMILES string of the molecule is CCCC(=O)Nc1cccc(NC(=O)CNc2cccc(C(=O)N3CCC(C)CC3)c2)c1. The van der Waals surface area contributed by atoms with E-state index in [0.717, 1.165) is 38.0 Å². The standard InChI is InChI=1S/C25H32N4O3/c1-3-6-23(30)27-21-9-5-10-22(16-21)28-24(31)17-26-20-8-4-7-19(15-20)25(32)29-13-11-18(2)12-14-29/h4-5,7-10,15-16,18,26H,3,6,11-14,17H2,1-2H3,(H,27,30)(H,28,31). The zero-order valence-electron chi connectivity index (χ0n) is 18.8. The molecule has 0 aliphatic carbocycles. The number of carbonyl (C=O) groups is 3. The van der Waals surface area contributed by atoms with Crippen LogP contribution >= 0.6 is 0 Å². The maximum Gasteiger partial charge on any atom is 0.253 e. The van der Waals surface area contributed by atoms with Crippen LogP contribution in [0, 0.1) is 5.92 Å². The molecule has 1 heterocycles. The summed E-state index contributed by atoms with van der Waals surface area (Å²) in [4.78, 5) is 38.8. The molecule has 2 aromatic rings. The molecular weight excluding hydrogens is 404 g/mol. The summed E-state index contributed by atoms with van der Waals surface area (Å²) in [6.07, 6.45) is 3.30. The van der Waals surface area contributed by atoms with Gasteiger partial charge in [0.05, 0.1) is 6.54 Å². The lowest BCUT2D eigenvalue weighted by molar-refractivity contribution is -0.116. The molecule has 0 aromatic heterocycles. The Morgan fingerprint density at radius 1 is 0.906 bits per heavy atom. The normalized spacial score (nSPS) is 14.0. The van der Waals surface area contributed by atoms with Crippen LogP contribution in [0.1, 0.15) is 49.9 Å². The first kappa shape index (κ1) is 23.3. The van der Waals surface area contributed by atoms with Gasteiger partial charge in [-0.25, -0.2) is 0 Å². The van der Waals surface area contributed by atoms with E-state index in [9.17, 15) is 14.4 Å². The van der Waals surface area contributed by atoms with Crippen LogP contribution in [0.4, 0.5) is 17.1 Å². The third-order valence-electron chi connectivity index (χ3n) is 5.54. The van der Waals surface area contributed by atoms with Crippen LogP contribution in [-0.2, 0) is 9.59 Å². The minimum absolute atomic E-state index is 0.0342. The van der Waals surface area contributed by atoms with Gasteiger partial charge in [0, 0.05) is 42.1 Å². The number of hydrogen-bond acceptors (Lipinski definition) is 4. The highest BCUT2D eigenvalue weighted by atomic mass is 16.2. The summed E-state index contributed by atoms with van der Waals surface area (Å²) in [5, 5.41) is 8.72. The van der Waals surface area contributed by atoms with E-state index >= 15 is 0 Å². The van der Waals surface area contributed by atoms with Gasteiger partial charge in [-0.3, -0.25) is 14.4 Å². The molecule has 0 saturated carbocycles.